The number of para-hydroxylation sites is 1. The minimum Gasteiger partial charge on any atom is -0.336 e. The number of hydrogen-bond acceptors (Lipinski definition) is 4. The number of hydrogen-bond donors (Lipinski definition) is 1. The van der Waals surface area contributed by atoms with Gasteiger partial charge in [-0.25, -0.2) is 9.97 Å². The van der Waals surface area contributed by atoms with Crippen LogP contribution < -0.4 is 5.32 Å². The van der Waals surface area contributed by atoms with Crippen LogP contribution in [0, 0.1) is 0 Å². The van der Waals surface area contributed by atoms with Crippen LogP contribution in [0.4, 0.5) is 0 Å². The molecule has 0 aliphatic carbocycles. The molecule has 26 heavy (non-hydrogen) atoms. The standard InChI is InChI=1S/C18H19N5O.2ClH/c1-22-10-9-20-17(22)16-12-19-8-11-23(16)18(24)15-7-6-13-4-2-3-5-14(13)21-15;;/h2-7,9-10,16,19H,8,11-12H2,1H3;2*1H. The topological polar surface area (TPSA) is 63.1 Å². The van der Waals surface area contributed by atoms with Gasteiger partial charge in [0.1, 0.15) is 17.6 Å². The number of nitrogens with zero attached hydrogens (tertiary/aromatic N) is 4. The second kappa shape index (κ2) is 8.49. The van der Waals surface area contributed by atoms with Crippen molar-refractivity contribution in [2.24, 2.45) is 7.05 Å². The molecule has 1 aliphatic heterocycles. The molecular weight excluding hydrogens is 373 g/mol. The van der Waals surface area contributed by atoms with Crippen LogP contribution in [0.15, 0.2) is 48.8 Å². The molecule has 2 aromatic heterocycles. The van der Waals surface area contributed by atoms with Crippen molar-refractivity contribution in [2.75, 3.05) is 19.6 Å². The summed E-state index contributed by atoms with van der Waals surface area (Å²) < 4.78 is 1.96. The van der Waals surface area contributed by atoms with Crippen LogP contribution in [0.25, 0.3) is 10.9 Å². The van der Waals surface area contributed by atoms with Gasteiger partial charge in [-0.3, -0.25) is 4.79 Å². The fourth-order valence-corrected chi connectivity index (χ4v) is 3.21. The molecule has 1 aromatic carbocycles. The zero-order chi connectivity index (χ0) is 16.5. The highest BCUT2D eigenvalue weighted by Gasteiger charge is 2.31. The monoisotopic (exact) mass is 393 g/mol. The van der Waals surface area contributed by atoms with Crippen molar-refractivity contribution in [3.05, 3.63) is 60.3 Å². The number of pyridine rings is 1. The van der Waals surface area contributed by atoms with Crippen molar-refractivity contribution in [1.29, 1.82) is 0 Å². The van der Waals surface area contributed by atoms with Crippen LogP contribution in [-0.2, 0) is 7.05 Å². The highest BCUT2D eigenvalue weighted by atomic mass is 35.5. The Hall–Kier alpha value is -2.15. The maximum atomic E-state index is 13.1. The Kier molecular flexibility index (Phi) is 6.58. The molecule has 0 spiro atoms. The quantitative estimate of drug-likeness (QED) is 0.726. The minimum atomic E-state index is -0.0838. The van der Waals surface area contributed by atoms with E-state index in [1.165, 1.54) is 0 Å². The van der Waals surface area contributed by atoms with E-state index in [0.29, 0.717) is 18.8 Å². The average molecular weight is 394 g/mol. The van der Waals surface area contributed by atoms with Crippen LogP contribution >= 0.6 is 24.8 Å². The zero-order valence-electron chi connectivity index (χ0n) is 14.3. The summed E-state index contributed by atoms with van der Waals surface area (Å²) in [5.74, 6) is 0.839. The van der Waals surface area contributed by atoms with Crippen LogP contribution in [0.1, 0.15) is 22.4 Å². The molecule has 1 fully saturated rings. The Morgan fingerprint density at radius 3 is 2.77 bits per heavy atom. The molecule has 4 rings (SSSR count). The van der Waals surface area contributed by atoms with Gasteiger partial charge >= 0.3 is 0 Å². The molecule has 8 heteroatoms. The van der Waals surface area contributed by atoms with Gasteiger partial charge < -0.3 is 14.8 Å². The first-order chi connectivity index (χ1) is 11.7. The molecule has 0 saturated carbocycles. The smallest absolute Gasteiger partial charge is 0.273 e. The lowest BCUT2D eigenvalue weighted by atomic mass is 10.1. The van der Waals surface area contributed by atoms with Crippen molar-refractivity contribution in [3.63, 3.8) is 0 Å². The summed E-state index contributed by atoms with van der Waals surface area (Å²) in [5.41, 5.74) is 1.32. The Morgan fingerprint density at radius 2 is 2.00 bits per heavy atom. The van der Waals surface area contributed by atoms with Gasteiger partial charge in [0, 0.05) is 44.5 Å². The average Bonchev–Trinajstić information content (AvgIpc) is 3.06. The Morgan fingerprint density at radius 1 is 1.19 bits per heavy atom. The number of halogens is 2. The van der Waals surface area contributed by atoms with Gasteiger partial charge in [0.2, 0.25) is 0 Å². The Balaban J connectivity index is 0.00000121. The molecule has 3 aromatic rings. The first-order valence-corrected chi connectivity index (χ1v) is 8.09. The molecule has 3 heterocycles. The summed E-state index contributed by atoms with van der Waals surface area (Å²) in [5, 5.41) is 4.39. The van der Waals surface area contributed by atoms with Gasteiger partial charge in [-0.2, -0.15) is 0 Å². The molecule has 1 saturated heterocycles. The number of aryl methyl sites for hydroxylation is 1. The normalized spacial score (nSPS) is 16.7. The third-order valence-corrected chi connectivity index (χ3v) is 4.48. The number of amides is 1. The first kappa shape index (κ1) is 20.2. The van der Waals surface area contributed by atoms with Crippen molar-refractivity contribution in [1.82, 2.24) is 24.8 Å². The second-order valence-corrected chi connectivity index (χ2v) is 6.00. The zero-order valence-corrected chi connectivity index (χ0v) is 16.0. The summed E-state index contributed by atoms with van der Waals surface area (Å²) in [6.07, 6.45) is 3.67. The third-order valence-electron chi connectivity index (χ3n) is 4.48. The highest BCUT2D eigenvalue weighted by Crippen LogP contribution is 2.23. The molecule has 1 atom stereocenters. The fraction of sp³-hybridized carbons (Fsp3) is 0.278. The number of aromatic nitrogens is 3. The number of fused-ring (bicyclic) bond motifs is 1. The van der Waals surface area contributed by atoms with E-state index >= 15 is 0 Å². The molecule has 6 nitrogen and oxygen atoms in total. The largest absolute Gasteiger partial charge is 0.336 e. The maximum absolute atomic E-state index is 13.1. The number of imidazole rings is 1. The molecule has 0 radical (unpaired) electrons. The van der Waals surface area contributed by atoms with Crippen LogP contribution in [0.5, 0.6) is 0 Å². The van der Waals surface area contributed by atoms with E-state index in [0.717, 1.165) is 23.3 Å². The van der Waals surface area contributed by atoms with E-state index in [1.54, 1.807) is 6.20 Å². The molecule has 1 amide bonds. The molecule has 1 unspecified atom stereocenters. The summed E-state index contributed by atoms with van der Waals surface area (Å²) in [4.78, 5) is 23.9. The lowest BCUT2D eigenvalue weighted by Crippen LogP contribution is -2.49. The van der Waals surface area contributed by atoms with Crippen molar-refractivity contribution in [3.8, 4) is 0 Å². The summed E-state index contributed by atoms with van der Waals surface area (Å²) in [6, 6.07) is 11.5. The van der Waals surface area contributed by atoms with Crippen LogP contribution in [0.3, 0.4) is 0 Å². The van der Waals surface area contributed by atoms with Crippen LogP contribution in [0.2, 0.25) is 0 Å². The van der Waals surface area contributed by atoms with E-state index < -0.39 is 0 Å². The van der Waals surface area contributed by atoms with Gasteiger partial charge in [-0.15, -0.1) is 24.8 Å². The lowest BCUT2D eigenvalue weighted by Gasteiger charge is -2.35. The predicted octanol–water partition coefficient (Wildman–Crippen LogP) is 2.60. The Bertz CT molecular complexity index is 898. The van der Waals surface area contributed by atoms with Crippen molar-refractivity contribution >= 4 is 41.6 Å². The summed E-state index contributed by atoms with van der Waals surface area (Å²) >= 11 is 0. The van der Waals surface area contributed by atoms with Gasteiger partial charge in [-0.1, -0.05) is 24.3 Å². The molecule has 0 bridgehead atoms. The fourth-order valence-electron chi connectivity index (χ4n) is 3.21. The molecule has 1 N–H and O–H groups in total. The first-order valence-electron chi connectivity index (χ1n) is 8.09. The van der Waals surface area contributed by atoms with Gasteiger partial charge in [0.05, 0.1) is 5.52 Å². The molecule has 138 valence electrons. The van der Waals surface area contributed by atoms with E-state index in [1.807, 2.05) is 59.1 Å². The van der Waals surface area contributed by atoms with E-state index in [9.17, 15) is 4.79 Å². The van der Waals surface area contributed by atoms with E-state index in [4.69, 9.17) is 0 Å². The van der Waals surface area contributed by atoms with Crippen molar-refractivity contribution in [2.45, 2.75) is 6.04 Å². The molecular formula is C18H21Cl2N5O. The number of benzene rings is 1. The van der Waals surface area contributed by atoms with Gasteiger partial charge in [0.15, 0.2) is 0 Å². The maximum Gasteiger partial charge on any atom is 0.273 e. The summed E-state index contributed by atoms with van der Waals surface area (Å²) in [6.45, 7) is 2.12. The highest BCUT2D eigenvalue weighted by molar-refractivity contribution is 5.95. The van der Waals surface area contributed by atoms with Crippen LogP contribution in [-0.4, -0.2) is 45.0 Å². The molecule has 1 aliphatic rings. The summed E-state index contributed by atoms with van der Waals surface area (Å²) in [7, 11) is 1.95. The number of rotatable bonds is 2. The van der Waals surface area contributed by atoms with Gasteiger partial charge in [-0.05, 0) is 12.1 Å². The lowest BCUT2D eigenvalue weighted by molar-refractivity contribution is 0.0615. The predicted molar refractivity (Wildman–Crippen MR) is 106 cm³/mol. The van der Waals surface area contributed by atoms with Gasteiger partial charge in [0.25, 0.3) is 5.91 Å². The third kappa shape index (κ3) is 3.67. The van der Waals surface area contributed by atoms with E-state index in [2.05, 4.69) is 15.3 Å². The SMILES string of the molecule is Cl.Cl.Cn1ccnc1C1CNCCN1C(=O)c1ccc2ccccc2n1. The Labute approximate surface area is 164 Å². The number of carbonyl (C=O) groups is 1. The second-order valence-electron chi connectivity index (χ2n) is 6.00. The minimum absolute atomic E-state index is 0. The van der Waals surface area contributed by atoms with E-state index in [-0.39, 0.29) is 36.8 Å². The number of piperazine rings is 1. The van der Waals surface area contributed by atoms with Crippen molar-refractivity contribution < 1.29 is 4.79 Å². The number of nitrogens with one attached hydrogen (secondary N) is 1. The number of carbonyl (C=O) groups excluding carboxylic acids is 1.